The summed E-state index contributed by atoms with van der Waals surface area (Å²) in [5.74, 6) is -1.15. The second kappa shape index (κ2) is 10.7. The summed E-state index contributed by atoms with van der Waals surface area (Å²) in [5.41, 5.74) is 1.82. The van der Waals surface area contributed by atoms with Gasteiger partial charge < -0.3 is 24.8 Å². The number of carbonyl (C=O) groups is 4. The molecule has 1 heterocycles. The van der Waals surface area contributed by atoms with Crippen LogP contribution in [-0.2, 0) is 14.4 Å². The van der Waals surface area contributed by atoms with Crippen molar-refractivity contribution in [1.82, 2.24) is 10.2 Å². The number of likely N-dealkylation sites (N-methyl/N-ethyl adjacent to an activating group) is 1. The van der Waals surface area contributed by atoms with Crippen molar-refractivity contribution >= 4 is 29.4 Å². The minimum Gasteiger partial charge on any atom is -0.496 e. The van der Waals surface area contributed by atoms with Gasteiger partial charge in [0.25, 0.3) is 5.91 Å². The van der Waals surface area contributed by atoms with Gasteiger partial charge in [-0.1, -0.05) is 18.2 Å². The Bertz CT molecular complexity index is 1170. The SMILES string of the molecule is COc1cccc(OC)c1-c1cccc(N(C(=O)NCCC(=O)O)[C@H]2C(=O)C(C)=CN(C)C2=O)c1. The van der Waals surface area contributed by atoms with Crippen molar-refractivity contribution < 1.29 is 33.8 Å². The maximum absolute atomic E-state index is 13.3. The standard InChI is InChI=1S/C25H27N3O7/c1-15-14-27(2)24(32)22(23(15)31)28(25(33)26-12-11-20(29)30)17-8-5-7-16(13-17)21-18(34-3)9-6-10-19(21)35-4/h5-10,13-14,22H,11-12H2,1-4H3,(H,26,33)(H,29,30)/t22-/m0/s1. The number of urea groups is 1. The maximum Gasteiger partial charge on any atom is 0.323 e. The minimum absolute atomic E-state index is 0.176. The van der Waals surface area contributed by atoms with Crippen LogP contribution in [0.3, 0.4) is 0 Å². The Morgan fingerprint density at radius 2 is 1.71 bits per heavy atom. The second-order valence-corrected chi connectivity index (χ2v) is 7.86. The number of methoxy groups -OCH3 is 2. The number of nitrogens with zero attached hydrogens (tertiary/aromatic N) is 2. The summed E-state index contributed by atoms with van der Waals surface area (Å²) in [4.78, 5) is 52.6. The summed E-state index contributed by atoms with van der Waals surface area (Å²) < 4.78 is 11.0. The highest BCUT2D eigenvalue weighted by Crippen LogP contribution is 2.39. The van der Waals surface area contributed by atoms with Crippen LogP contribution in [0.15, 0.2) is 54.2 Å². The summed E-state index contributed by atoms with van der Waals surface area (Å²) in [7, 11) is 4.55. The average molecular weight is 482 g/mol. The number of hydrogen-bond acceptors (Lipinski definition) is 6. The van der Waals surface area contributed by atoms with E-state index in [2.05, 4.69) is 5.32 Å². The topological polar surface area (TPSA) is 125 Å². The predicted molar refractivity (Wildman–Crippen MR) is 128 cm³/mol. The van der Waals surface area contributed by atoms with Gasteiger partial charge >= 0.3 is 12.0 Å². The molecule has 2 N–H and O–H groups in total. The van der Waals surface area contributed by atoms with Gasteiger partial charge in [-0.2, -0.15) is 0 Å². The van der Waals surface area contributed by atoms with Crippen LogP contribution >= 0.6 is 0 Å². The Balaban J connectivity index is 2.13. The summed E-state index contributed by atoms with van der Waals surface area (Å²) >= 11 is 0. The first kappa shape index (κ1) is 25.3. The van der Waals surface area contributed by atoms with Gasteiger partial charge in [-0.15, -0.1) is 0 Å². The lowest BCUT2D eigenvalue weighted by Gasteiger charge is -2.34. The monoisotopic (exact) mass is 481 g/mol. The summed E-state index contributed by atoms with van der Waals surface area (Å²) in [6.45, 7) is 1.39. The van der Waals surface area contributed by atoms with E-state index < -0.39 is 29.7 Å². The fourth-order valence-corrected chi connectivity index (χ4v) is 3.86. The number of Topliss-reactive ketones (excluding diaryl/α,β-unsaturated/α-hetero) is 1. The number of amides is 3. The third-order valence-corrected chi connectivity index (χ3v) is 5.54. The molecule has 184 valence electrons. The largest absolute Gasteiger partial charge is 0.496 e. The molecule has 0 spiro atoms. The zero-order valence-electron chi connectivity index (χ0n) is 19.9. The van der Waals surface area contributed by atoms with Crippen LogP contribution in [0.25, 0.3) is 11.1 Å². The lowest BCUT2D eigenvalue weighted by Crippen LogP contribution is -2.58. The van der Waals surface area contributed by atoms with Crippen molar-refractivity contribution in [3.8, 4) is 22.6 Å². The molecule has 0 bridgehead atoms. The molecular formula is C25H27N3O7. The van der Waals surface area contributed by atoms with E-state index >= 15 is 0 Å². The molecule has 0 fully saturated rings. The molecule has 0 radical (unpaired) electrons. The molecule has 3 rings (SSSR count). The fourth-order valence-electron chi connectivity index (χ4n) is 3.86. The number of carbonyl (C=O) groups excluding carboxylic acids is 3. The second-order valence-electron chi connectivity index (χ2n) is 7.86. The first-order valence-corrected chi connectivity index (χ1v) is 10.8. The summed E-state index contributed by atoms with van der Waals surface area (Å²) in [6, 6.07) is 9.77. The molecule has 0 aromatic heterocycles. The number of ketones is 1. The van der Waals surface area contributed by atoms with Gasteiger partial charge in [0.1, 0.15) is 11.5 Å². The quantitative estimate of drug-likeness (QED) is 0.555. The van der Waals surface area contributed by atoms with E-state index in [-0.39, 0.29) is 18.7 Å². The number of hydrogen-bond donors (Lipinski definition) is 2. The van der Waals surface area contributed by atoms with Crippen molar-refractivity contribution in [1.29, 1.82) is 0 Å². The molecule has 10 nitrogen and oxygen atoms in total. The van der Waals surface area contributed by atoms with Crippen molar-refractivity contribution in [2.45, 2.75) is 19.4 Å². The summed E-state index contributed by atoms with van der Waals surface area (Å²) in [5, 5.41) is 11.4. The van der Waals surface area contributed by atoms with Crippen molar-refractivity contribution in [2.24, 2.45) is 0 Å². The van der Waals surface area contributed by atoms with Crippen LogP contribution < -0.4 is 19.7 Å². The number of carboxylic acid groups (broad SMARTS) is 1. The van der Waals surface area contributed by atoms with E-state index in [0.717, 1.165) is 4.90 Å². The number of benzene rings is 2. The Morgan fingerprint density at radius 3 is 2.31 bits per heavy atom. The molecule has 1 atom stereocenters. The molecule has 2 aromatic carbocycles. The smallest absolute Gasteiger partial charge is 0.323 e. The minimum atomic E-state index is -1.45. The van der Waals surface area contributed by atoms with E-state index in [1.165, 1.54) is 32.4 Å². The molecule has 3 amide bonds. The molecule has 0 saturated heterocycles. The van der Waals surface area contributed by atoms with Crippen molar-refractivity contribution in [3.63, 3.8) is 0 Å². The Morgan fingerprint density at radius 1 is 1.09 bits per heavy atom. The first-order chi connectivity index (χ1) is 16.7. The Kier molecular flexibility index (Phi) is 7.75. The highest BCUT2D eigenvalue weighted by Gasteiger charge is 2.41. The van der Waals surface area contributed by atoms with Crippen LogP contribution in [-0.4, -0.2) is 67.6 Å². The summed E-state index contributed by atoms with van der Waals surface area (Å²) in [6.07, 6.45) is 1.10. The average Bonchev–Trinajstić information content (AvgIpc) is 2.84. The van der Waals surface area contributed by atoms with E-state index in [9.17, 15) is 19.2 Å². The third-order valence-electron chi connectivity index (χ3n) is 5.54. The van der Waals surface area contributed by atoms with E-state index in [4.69, 9.17) is 14.6 Å². The van der Waals surface area contributed by atoms with E-state index in [1.807, 2.05) is 0 Å². The zero-order chi connectivity index (χ0) is 25.7. The van der Waals surface area contributed by atoms with Gasteiger partial charge in [0.05, 0.1) is 26.2 Å². The highest BCUT2D eigenvalue weighted by atomic mass is 16.5. The van der Waals surface area contributed by atoms with Gasteiger partial charge in [0.15, 0.2) is 11.8 Å². The number of rotatable bonds is 8. The van der Waals surface area contributed by atoms with Crippen LogP contribution in [0.2, 0.25) is 0 Å². The van der Waals surface area contributed by atoms with E-state index in [1.54, 1.807) is 49.4 Å². The van der Waals surface area contributed by atoms with Gasteiger partial charge in [-0.25, -0.2) is 4.79 Å². The third kappa shape index (κ3) is 5.26. The molecule has 0 unspecified atom stereocenters. The number of aliphatic carboxylic acids is 1. The zero-order valence-corrected chi connectivity index (χ0v) is 19.9. The number of anilines is 1. The van der Waals surface area contributed by atoms with Gasteiger partial charge in [0.2, 0.25) is 0 Å². The fraction of sp³-hybridized carbons (Fsp3) is 0.280. The van der Waals surface area contributed by atoms with Crippen LogP contribution in [0.1, 0.15) is 13.3 Å². The molecule has 0 saturated carbocycles. The van der Waals surface area contributed by atoms with Crippen LogP contribution in [0.5, 0.6) is 11.5 Å². The van der Waals surface area contributed by atoms with Gasteiger partial charge in [-0.3, -0.25) is 19.3 Å². The number of nitrogens with one attached hydrogen (secondary N) is 1. The van der Waals surface area contributed by atoms with Crippen molar-refractivity contribution in [2.75, 3.05) is 32.7 Å². The van der Waals surface area contributed by atoms with Crippen LogP contribution in [0.4, 0.5) is 10.5 Å². The normalized spacial score (nSPS) is 15.4. The lowest BCUT2D eigenvalue weighted by molar-refractivity contribution is -0.137. The van der Waals surface area contributed by atoms with Gasteiger partial charge in [0, 0.05) is 31.1 Å². The molecule has 1 aliphatic heterocycles. The predicted octanol–water partition coefficient (Wildman–Crippen LogP) is 2.68. The van der Waals surface area contributed by atoms with Crippen LogP contribution in [0, 0.1) is 0 Å². The highest BCUT2D eigenvalue weighted by molar-refractivity contribution is 6.21. The number of carboxylic acids is 1. The molecule has 0 aliphatic carbocycles. The molecule has 2 aromatic rings. The first-order valence-electron chi connectivity index (χ1n) is 10.8. The maximum atomic E-state index is 13.3. The molecular weight excluding hydrogens is 454 g/mol. The Hall–Kier alpha value is -4.34. The molecule has 35 heavy (non-hydrogen) atoms. The van der Waals surface area contributed by atoms with E-state index in [0.29, 0.717) is 28.2 Å². The lowest BCUT2D eigenvalue weighted by atomic mass is 9.98. The van der Waals surface area contributed by atoms with Crippen molar-refractivity contribution in [3.05, 3.63) is 54.2 Å². The Labute approximate surface area is 202 Å². The van der Waals surface area contributed by atoms with Gasteiger partial charge in [-0.05, 0) is 36.8 Å². The molecule has 10 heteroatoms. The molecule has 1 aliphatic rings. The number of ether oxygens (including phenoxy) is 2.